The van der Waals surface area contributed by atoms with Crippen LogP contribution in [0.3, 0.4) is 0 Å². The number of para-hydroxylation sites is 1. The Bertz CT molecular complexity index is 652. The van der Waals surface area contributed by atoms with Gasteiger partial charge in [0.2, 0.25) is 0 Å². The first kappa shape index (κ1) is 20.1. The van der Waals surface area contributed by atoms with E-state index in [1.807, 2.05) is 0 Å². The number of amides is 2. The molecule has 0 spiro atoms. The van der Waals surface area contributed by atoms with Gasteiger partial charge >= 0.3 is 6.09 Å². The van der Waals surface area contributed by atoms with Gasteiger partial charge in [-0.15, -0.1) is 6.58 Å². The number of nitro benzene ring substituents is 1. The Balaban J connectivity index is 2.73. The maximum atomic E-state index is 12.3. The summed E-state index contributed by atoms with van der Waals surface area (Å²) in [5.41, 5.74) is -0.233. The molecule has 0 heterocycles. The fourth-order valence-electron chi connectivity index (χ4n) is 1.96. The smallest absolute Gasteiger partial charge is 0.408 e. The van der Waals surface area contributed by atoms with Crippen molar-refractivity contribution >= 4 is 17.7 Å². The SMILES string of the molecule is C=CC[C@H](OC(=O)NC(C)(C)C)C(=O)NCc1ccccc1[N+](=O)[O-]. The van der Waals surface area contributed by atoms with Crippen molar-refractivity contribution in [2.24, 2.45) is 0 Å². The summed E-state index contributed by atoms with van der Waals surface area (Å²) < 4.78 is 5.13. The number of benzene rings is 1. The third-order valence-corrected chi connectivity index (χ3v) is 3.04. The number of nitrogens with zero attached hydrogens (tertiary/aromatic N) is 1. The van der Waals surface area contributed by atoms with Crippen LogP contribution in [-0.4, -0.2) is 28.6 Å². The van der Waals surface area contributed by atoms with Crippen molar-refractivity contribution in [2.45, 2.75) is 45.4 Å². The first-order valence-corrected chi connectivity index (χ1v) is 7.73. The molecule has 0 radical (unpaired) electrons. The second kappa shape index (κ2) is 8.81. The van der Waals surface area contributed by atoms with Crippen LogP contribution >= 0.6 is 0 Å². The molecule has 1 aromatic carbocycles. The number of ether oxygens (including phenoxy) is 1. The van der Waals surface area contributed by atoms with Gasteiger partial charge in [0.15, 0.2) is 6.10 Å². The standard InChI is InChI=1S/C17H23N3O5/c1-5-8-14(25-16(22)19-17(2,3)4)15(21)18-11-12-9-6-7-10-13(12)20(23)24/h5-7,9-10,14H,1,8,11H2,2-4H3,(H,18,21)(H,19,22)/t14-/m0/s1. The zero-order chi connectivity index (χ0) is 19.0. The Kier molecular flexibility index (Phi) is 7.10. The number of alkyl carbamates (subject to hydrolysis) is 1. The summed E-state index contributed by atoms with van der Waals surface area (Å²) in [7, 11) is 0. The van der Waals surface area contributed by atoms with Crippen molar-refractivity contribution in [1.82, 2.24) is 10.6 Å². The van der Waals surface area contributed by atoms with Gasteiger partial charge in [-0.25, -0.2) is 4.79 Å². The Labute approximate surface area is 146 Å². The molecule has 0 saturated heterocycles. The molecule has 0 bridgehead atoms. The third kappa shape index (κ3) is 7.03. The summed E-state index contributed by atoms with van der Waals surface area (Å²) in [6.07, 6.45) is -0.206. The average Bonchev–Trinajstić information content (AvgIpc) is 2.50. The molecule has 25 heavy (non-hydrogen) atoms. The summed E-state index contributed by atoms with van der Waals surface area (Å²) in [4.78, 5) is 34.5. The van der Waals surface area contributed by atoms with Gasteiger partial charge in [0.05, 0.1) is 4.92 Å². The van der Waals surface area contributed by atoms with E-state index in [0.717, 1.165) is 0 Å². The highest BCUT2D eigenvalue weighted by Gasteiger charge is 2.24. The largest absolute Gasteiger partial charge is 0.436 e. The lowest BCUT2D eigenvalue weighted by atomic mass is 10.1. The minimum Gasteiger partial charge on any atom is -0.436 e. The lowest BCUT2D eigenvalue weighted by molar-refractivity contribution is -0.385. The van der Waals surface area contributed by atoms with Crippen molar-refractivity contribution in [2.75, 3.05) is 0 Å². The monoisotopic (exact) mass is 349 g/mol. The molecule has 0 fully saturated rings. The first-order valence-electron chi connectivity index (χ1n) is 7.73. The van der Waals surface area contributed by atoms with E-state index in [9.17, 15) is 19.7 Å². The molecule has 1 rings (SSSR count). The zero-order valence-electron chi connectivity index (χ0n) is 14.6. The Morgan fingerprint density at radius 3 is 2.56 bits per heavy atom. The Morgan fingerprint density at radius 2 is 2.00 bits per heavy atom. The number of carbonyl (C=O) groups is 2. The normalized spacial score (nSPS) is 12.0. The molecule has 0 aliphatic carbocycles. The molecule has 136 valence electrons. The van der Waals surface area contributed by atoms with Gasteiger partial charge in [0.1, 0.15) is 0 Å². The fraction of sp³-hybridized carbons (Fsp3) is 0.412. The Morgan fingerprint density at radius 1 is 1.36 bits per heavy atom. The van der Waals surface area contributed by atoms with E-state index >= 15 is 0 Å². The number of hydrogen-bond donors (Lipinski definition) is 2. The molecular weight excluding hydrogens is 326 g/mol. The van der Waals surface area contributed by atoms with Crippen LogP contribution in [0.15, 0.2) is 36.9 Å². The lowest BCUT2D eigenvalue weighted by Crippen LogP contribution is -2.45. The molecule has 0 aliphatic rings. The molecule has 8 heteroatoms. The van der Waals surface area contributed by atoms with Crippen LogP contribution in [0.2, 0.25) is 0 Å². The fourth-order valence-corrected chi connectivity index (χ4v) is 1.96. The number of carbonyl (C=O) groups excluding carboxylic acids is 2. The van der Waals surface area contributed by atoms with E-state index in [0.29, 0.717) is 5.56 Å². The molecule has 0 aliphatic heterocycles. The number of rotatable bonds is 7. The quantitative estimate of drug-likeness (QED) is 0.447. The van der Waals surface area contributed by atoms with Crippen LogP contribution in [0.5, 0.6) is 0 Å². The van der Waals surface area contributed by atoms with Crippen LogP contribution in [0.4, 0.5) is 10.5 Å². The molecule has 2 amide bonds. The average molecular weight is 349 g/mol. The summed E-state index contributed by atoms with van der Waals surface area (Å²) in [5.74, 6) is -0.554. The van der Waals surface area contributed by atoms with Gasteiger partial charge in [-0.2, -0.15) is 0 Å². The highest BCUT2D eigenvalue weighted by atomic mass is 16.6. The van der Waals surface area contributed by atoms with Gasteiger partial charge in [0.25, 0.3) is 11.6 Å². The van der Waals surface area contributed by atoms with Crippen LogP contribution in [-0.2, 0) is 16.1 Å². The third-order valence-electron chi connectivity index (χ3n) is 3.04. The van der Waals surface area contributed by atoms with Crippen molar-refractivity contribution in [1.29, 1.82) is 0 Å². The van der Waals surface area contributed by atoms with E-state index in [2.05, 4.69) is 17.2 Å². The highest BCUT2D eigenvalue weighted by molar-refractivity contribution is 5.83. The van der Waals surface area contributed by atoms with E-state index in [4.69, 9.17) is 4.74 Å². The van der Waals surface area contributed by atoms with Gasteiger partial charge in [-0.3, -0.25) is 14.9 Å². The van der Waals surface area contributed by atoms with Gasteiger partial charge in [-0.05, 0) is 20.8 Å². The number of hydrogen-bond acceptors (Lipinski definition) is 5. The molecule has 0 unspecified atom stereocenters. The van der Waals surface area contributed by atoms with E-state index in [1.165, 1.54) is 12.1 Å². The maximum Gasteiger partial charge on any atom is 0.408 e. The second-order valence-electron chi connectivity index (χ2n) is 6.40. The molecule has 1 aromatic rings. The predicted molar refractivity (Wildman–Crippen MR) is 92.9 cm³/mol. The van der Waals surface area contributed by atoms with Crippen molar-refractivity contribution in [3.63, 3.8) is 0 Å². The van der Waals surface area contributed by atoms with Crippen molar-refractivity contribution in [3.05, 3.63) is 52.6 Å². The van der Waals surface area contributed by atoms with Gasteiger partial charge in [0, 0.05) is 30.1 Å². The van der Waals surface area contributed by atoms with Crippen LogP contribution < -0.4 is 10.6 Å². The second-order valence-corrected chi connectivity index (χ2v) is 6.40. The minimum atomic E-state index is -1.07. The van der Waals surface area contributed by atoms with Gasteiger partial charge < -0.3 is 15.4 Å². The molecule has 0 aromatic heterocycles. The maximum absolute atomic E-state index is 12.3. The van der Waals surface area contributed by atoms with E-state index < -0.39 is 28.6 Å². The Hall–Kier alpha value is -2.90. The summed E-state index contributed by atoms with van der Waals surface area (Å²) in [6.45, 7) is 8.84. The van der Waals surface area contributed by atoms with Gasteiger partial charge in [-0.1, -0.05) is 24.3 Å². The first-order chi connectivity index (χ1) is 11.6. The van der Waals surface area contributed by atoms with Crippen LogP contribution in [0.1, 0.15) is 32.8 Å². The highest BCUT2D eigenvalue weighted by Crippen LogP contribution is 2.17. The lowest BCUT2D eigenvalue weighted by Gasteiger charge is -2.22. The zero-order valence-corrected chi connectivity index (χ0v) is 14.6. The van der Waals surface area contributed by atoms with E-state index in [-0.39, 0.29) is 18.7 Å². The van der Waals surface area contributed by atoms with E-state index in [1.54, 1.807) is 39.0 Å². The molecule has 8 nitrogen and oxygen atoms in total. The summed E-state index contributed by atoms with van der Waals surface area (Å²) in [5, 5.41) is 16.1. The number of nitrogens with one attached hydrogen (secondary N) is 2. The predicted octanol–water partition coefficient (Wildman–Crippen LogP) is 2.68. The number of nitro groups is 1. The molecule has 0 saturated carbocycles. The minimum absolute atomic E-state index is 0.0477. The topological polar surface area (TPSA) is 111 Å². The molecule has 2 N–H and O–H groups in total. The summed E-state index contributed by atoms with van der Waals surface area (Å²) >= 11 is 0. The van der Waals surface area contributed by atoms with Crippen LogP contribution in [0.25, 0.3) is 0 Å². The summed E-state index contributed by atoms with van der Waals surface area (Å²) in [6, 6.07) is 6.09. The van der Waals surface area contributed by atoms with Crippen LogP contribution in [0, 0.1) is 10.1 Å². The molecular formula is C17H23N3O5. The van der Waals surface area contributed by atoms with Crippen molar-refractivity contribution < 1.29 is 19.2 Å². The van der Waals surface area contributed by atoms with Crippen molar-refractivity contribution in [3.8, 4) is 0 Å². The molecule has 1 atom stereocenters.